The van der Waals surface area contributed by atoms with Gasteiger partial charge in [0.1, 0.15) is 0 Å². The van der Waals surface area contributed by atoms with Crippen molar-refractivity contribution in [3.8, 4) is 35.2 Å². The molecule has 0 saturated carbocycles. The summed E-state index contributed by atoms with van der Waals surface area (Å²) < 4.78 is 10.2. The topological polar surface area (TPSA) is 55.8 Å². The minimum atomic E-state index is -0.412. The molecule has 0 saturated heterocycles. The number of carbonyl (C=O) groups is 1. The van der Waals surface area contributed by atoms with E-state index in [0.29, 0.717) is 12.4 Å². The van der Waals surface area contributed by atoms with E-state index in [1.165, 1.54) is 19.3 Å². The molecule has 0 fully saturated rings. The van der Waals surface area contributed by atoms with E-state index in [4.69, 9.17) is 9.47 Å². The largest absolute Gasteiger partial charge is 0.504 e. The third kappa shape index (κ3) is 10.4. The van der Waals surface area contributed by atoms with E-state index < -0.39 is 5.97 Å². The lowest BCUT2D eigenvalue weighted by molar-refractivity contribution is -0.137. The number of aromatic hydroxyl groups is 1. The smallest absolute Gasteiger partial charge is 0.330 e. The molecule has 0 aliphatic heterocycles. The standard InChI is InChI=1S/C24H24O4/c1-3-4-5-6-7-8-9-10-11-12-13-14-19-28-24(26)18-16-21-15-17-22(25)23(20-21)27-2/h3-4,9-12,15-18,20,25H,13-14,19H2,1-2H3. The molecule has 1 aromatic carbocycles. The van der Waals surface area contributed by atoms with Gasteiger partial charge in [-0.1, -0.05) is 42.2 Å². The van der Waals surface area contributed by atoms with Crippen LogP contribution in [-0.2, 0) is 9.53 Å². The van der Waals surface area contributed by atoms with Gasteiger partial charge in [0.15, 0.2) is 11.5 Å². The number of carbonyl (C=O) groups excluding carboxylic acids is 1. The van der Waals surface area contributed by atoms with Crippen molar-refractivity contribution in [2.24, 2.45) is 0 Å². The van der Waals surface area contributed by atoms with Gasteiger partial charge in [-0.25, -0.2) is 4.79 Å². The van der Waals surface area contributed by atoms with Crippen molar-refractivity contribution in [2.75, 3.05) is 13.7 Å². The van der Waals surface area contributed by atoms with Gasteiger partial charge in [0, 0.05) is 6.08 Å². The Labute approximate surface area is 166 Å². The number of hydrogen-bond acceptors (Lipinski definition) is 4. The summed E-state index contributed by atoms with van der Waals surface area (Å²) in [4.78, 5) is 11.7. The van der Waals surface area contributed by atoms with Crippen LogP contribution in [0.3, 0.4) is 0 Å². The number of benzene rings is 1. The molecule has 0 unspecified atom stereocenters. The van der Waals surface area contributed by atoms with E-state index in [1.807, 2.05) is 31.2 Å². The first-order chi connectivity index (χ1) is 13.7. The van der Waals surface area contributed by atoms with Crippen LogP contribution in [0.1, 0.15) is 25.3 Å². The zero-order chi connectivity index (χ0) is 20.5. The molecule has 1 N–H and O–H groups in total. The zero-order valence-electron chi connectivity index (χ0n) is 16.1. The number of allylic oxidation sites excluding steroid dienone is 6. The Morgan fingerprint density at radius 1 is 1.18 bits per heavy atom. The third-order valence-electron chi connectivity index (χ3n) is 3.26. The van der Waals surface area contributed by atoms with Gasteiger partial charge in [0.05, 0.1) is 13.7 Å². The van der Waals surface area contributed by atoms with Gasteiger partial charge in [0.25, 0.3) is 0 Å². The third-order valence-corrected chi connectivity index (χ3v) is 3.26. The Bertz CT molecular complexity index is 865. The van der Waals surface area contributed by atoms with Crippen LogP contribution in [0.5, 0.6) is 11.5 Å². The van der Waals surface area contributed by atoms with Crippen LogP contribution in [0.15, 0.2) is 60.7 Å². The zero-order valence-corrected chi connectivity index (χ0v) is 16.1. The Morgan fingerprint density at radius 2 is 1.96 bits per heavy atom. The van der Waals surface area contributed by atoms with E-state index in [0.717, 1.165) is 18.4 Å². The molecule has 28 heavy (non-hydrogen) atoms. The lowest BCUT2D eigenvalue weighted by atomic mass is 10.2. The summed E-state index contributed by atoms with van der Waals surface area (Å²) in [5.41, 5.74) is 0.734. The predicted octanol–water partition coefficient (Wildman–Crippen LogP) is 4.43. The van der Waals surface area contributed by atoms with Gasteiger partial charge >= 0.3 is 5.97 Å². The van der Waals surface area contributed by atoms with Crippen LogP contribution in [0.4, 0.5) is 0 Å². The average Bonchev–Trinajstić information content (AvgIpc) is 2.70. The first kappa shape index (κ1) is 22.4. The van der Waals surface area contributed by atoms with Crippen molar-refractivity contribution in [3.63, 3.8) is 0 Å². The summed E-state index contributed by atoms with van der Waals surface area (Å²) >= 11 is 0. The number of esters is 1. The van der Waals surface area contributed by atoms with Crippen molar-refractivity contribution >= 4 is 12.0 Å². The van der Waals surface area contributed by atoms with E-state index in [-0.39, 0.29) is 5.75 Å². The molecule has 0 aliphatic carbocycles. The van der Waals surface area contributed by atoms with Gasteiger partial charge in [0.2, 0.25) is 0 Å². The second-order valence-corrected chi connectivity index (χ2v) is 5.40. The first-order valence-corrected chi connectivity index (χ1v) is 8.83. The Morgan fingerprint density at radius 3 is 2.71 bits per heavy atom. The number of hydrogen-bond donors (Lipinski definition) is 1. The average molecular weight is 376 g/mol. The molecular weight excluding hydrogens is 352 g/mol. The van der Waals surface area contributed by atoms with Crippen molar-refractivity contribution in [1.82, 2.24) is 0 Å². The van der Waals surface area contributed by atoms with E-state index in [2.05, 4.69) is 23.7 Å². The van der Waals surface area contributed by atoms with E-state index in [9.17, 15) is 9.90 Å². The minimum absolute atomic E-state index is 0.0512. The summed E-state index contributed by atoms with van der Waals surface area (Å²) in [6.45, 7) is 2.25. The van der Waals surface area contributed by atoms with Gasteiger partial charge in [-0.05, 0) is 67.5 Å². The highest BCUT2D eigenvalue weighted by Gasteiger charge is 2.01. The van der Waals surface area contributed by atoms with Gasteiger partial charge in [-0.3, -0.25) is 0 Å². The number of phenols is 1. The number of ether oxygens (including phenoxy) is 2. The highest BCUT2D eigenvalue weighted by atomic mass is 16.5. The molecule has 0 aliphatic rings. The minimum Gasteiger partial charge on any atom is -0.504 e. The highest BCUT2D eigenvalue weighted by molar-refractivity contribution is 5.87. The van der Waals surface area contributed by atoms with Crippen molar-refractivity contribution < 1.29 is 19.4 Å². The fourth-order valence-corrected chi connectivity index (χ4v) is 1.90. The van der Waals surface area contributed by atoms with Crippen LogP contribution >= 0.6 is 0 Å². The van der Waals surface area contributed by atoms with Crippen molar-refractivity contribution in [1.29, 1.82) is 0 Å². The number of methoxy groups -OCH3 is 1. The van der Waals surface area contributed by atoms with Gasteiger partial charge in [-0.15, -0.1) is 0 Å². The molecule has 1 aromatic rings. The maximum Gasteiger partial charge on any atom is 0.330 e. The Balaban J connectivity index is 2.24. The molecule has 0 spiro atoms. The van der Waals surface area contributed by atoms with E-state index in [1.54, 1.807) is 30.4 Å². The lowest BCUT2D eigenvalue weighted by Crippen LogP contribution is -2.01. The normalized spacial score (nSPS) is 10.8. The van der Waals surface area contributed by atoms with Crippen LogP contribution in [0, 0.1) is 23.7 Å². The Hall–Kier alpha value is -3.63. The maximum absolute atomic E-state index is 11.7. The molecule has 0 radical (unpaired) electrons. The molecule has 1 rings (SSSR count). The number of unbranched alkanes of at least 4 members (excludes halogenated alkanes) is 1. The molecule has 0 atom stereocenters. The summed E-state index contributed by atoms with van der Waals surface area (Å²) in [7, 11) is 1.47. The summed E-state index contributed by atoms with van der Waals surface area (Å²) in [5.74, 6) is 11.0. The van der Waals surface area contributed by atoms with E-state index >= 15 is 0 Å². The quantitative estimate of drug-likeness (QED) is 0.240. The van der Waals surface area contributed by atoms with Crippen molar-refractivity contribution in [2.45, 2.75) is 19.8 Å². The highest BCUT2D eigenvalue weighted by Crippen LogP contribution is 2.26. The van der Waals surface area contributed by atoms with Crippen LogP contribution in [0.25, 0.3) is 6.08 Å². The molecule has 0 amide bonds. The fraction of sp³-hybridized carbons (Fsp3) is 0.208. The maximum atomic E-state index is 11.7. The van der Waals surface area contributed by atoms with Crippen LogP contribution in [-0.4, -0.2) is 24.8 Å². The van der Waals surface area contributed by atoms with Crippen molar-refractivity contribution in [3.05, 3.63) is 66.3 Å². The second-order valence-electron chi connectivity index (χ2n) is 5.40. The molecule has 144 valence electrons. The molecule has 0 bridgehead atoms. The number of phenolic OH excluding ortho intramolecular Hbond substituents is 1. The molecule has 4 heteroatoms. The van der Waals surface area contributed by atoms with Gasteiger partial charge < -0.3 is 14.6 Å². The molecular formula is C24H24O4. The number of rotatable bonds is 8. The Kier molecular flexibility index (Phi) is 11.6. The molecule has 4 nitrogen and oxygen atoms in total. The summed E-state index contributed by atoms with van der Waals surface area (Å²) in [6.07, 6.45) is 15.5. The monoisotopic (exact) mass is 376 g/mol. The lowest BCUT2D eigenvalue weighted by Gasteiger charge is -2.03. The fourth-order valence-electron chi connectivity index (χ4n) is 1.90. The molecule has 0 heterocycles. The van der Waals surface area contributed by atoms with Gasteiger partial charge in [-0.2, -0.15) is 0 Å². The van der Waals surface area contributed by atoms with Crippen LogP contribution in [0.2, 0.25) is 0 Å². The molecule has 0 aromatic heterocycles. The first-order valence-electron chi connectivity index (χ1n) is 8.83. The summed E-state index contributed by atoms with van der Waals surface area (Å²) in [5, 5.41) is 9.53. The van der Waals surface area contributed by atoms with Crippen LogP contribution < -0.4 is 4.74 Å². The summed E-state index contributed by atoms with van der Waals surface area (Å²) in [6, 6.07) is 4.82. The second kappa shape index (κ2) is 14.5. The SMILES string of the molecule is CC=CC#CC#CC=CC=CCCCOC(=O)C=Cc1ccc(O)c(OC)c1. The predicted molar refractivity (Wildman–Crippen MR) is 113 cm³/mol.